The molecule has 0 unspecified atom stereocenters. The fourth-order valence-electron chi connectivity index (χ4n) is 2.40. The second-order valence-electron chi connectivity index (χ2n) is 4.83. The molecule has 0 atom stereocenters. The molecule has 0 N–H and O–H groups in total. The minimum Gasteiger partial charge on any atom is -0.363 e. The predicted octanol–water partition coefficient (Wildman–Crippen LogP) is 1.72. The molecule has 0 bridgehead atoms. The third-order valence-corrected chi connectivity index (χ3v) is 3.67. The molecule has 1 aromatic carbocycles. The second-order valence-corrected chi connectivity index (χ2v) is 4.83. The zero-order valence-electron chi connectivity index (χ0n) is 11.1. The molecule has 1 aliphatic heterocycles. The summed E-state index contributed by atoms with van der Waals surface area (Å²) in [5, 5.41) is 8.26. The first-order valence-electron chi connectivity index (χ1n) is 6.39. The SMILES string of the molecule is Cc1nnc(CN2CCC(=O)c3ccccc32)n1C. The smallest absolute Gasteiger partial charge is 0.166 e. The highest BCUT2D eigenvalue weighted by atomic mass is 16.1. The van der Waals surface area contributed by atoms with Crippen LogP contribution in [-0.4, -0.2) is 27.1 Å². The molecule has 0 saturated carbocycles. The molecule has 0 radical (unpaired) electrons. The second kappa shape index (κ2) is 4.50. The molecule has 1 aromatic heterocycles. The summed E-state index contributed by atoms with van der Waals surface area (Å²) in [4.78, 5) is 14.1. The summed E-state index contributed by atoms with van der Waals surface area (Å²) in [6.45, 7) is 3.35. The van der Waals surface area contributed by atoms with Gasteiger partial charge in [-0.25, -0.2) is 0 Å². The Morgan fingerprint density at radius 3 is 2.79 bits per heavy atom. The van der Waals surface area contributed by atoms with E-state index in [-0.39, 0.29) is 5.78 Å². The molecule has 0 fully saturated rings. The molecule has 2 heterocycles. The van der Waals surface area contributed by atoms with Crippen molar-refractivity contribution < 1.29 is 4.79 Å². The van der Waals surface area contributed by atoms with Crippen LogP contribution < -0.4 is 4.90 Å². The number of benzene rings is 1. The van der Waals surface area contributed by atoms with E-state index in [1.54, 1.807) is 0 Å². The van der Waals surface area contributed by atoms with Crippen molar-refractivity contribution in [1.29, 1.82) is 0 Å². The van der Waals surface area contributed by atoms with Crippen LogP contribution in [0, 0.1) is 6.92 Å². The van der Waals surface area contributed by atoms with Crippen LogP contribution in [0.25, 0.3) is 0 Å². The van der Waals surface area contributed by atoms with Crippen molar-refractivity contribution in [3.63, 3.8) is 0 Å². The lowest BCUT2D eigenvalue weighted by Crippen LogP contribution is -2.32. The van der Waals surface area contributed by atoms with Gasteiger partial charge in [-0.05, 0) is 19.1 Å². The number of hydrogen-bond acceptors (Lipinski definition) is 4. The molecule has 98 valence electrons. The maximum absolute atomic E-state index is 11.9. The monoisotopic (exact) mass is 256 g/mol. The van der Waals surface area contributed by atoms with Crippen molar-refractivity contribution in [2.24, 2.45) is 7.05 Å². The molecule has 2 aromatic rings. The van der Waals surface area contributed by atoms with E-state index in [4.69, 9.17) is 0 Å². The number of para-hydroxylation sites is 1. The molecular weight excluding hydrogens is 240 g/mol. The summed E-state index contributed by atoms with van der Waals surface area (Å²) >= 11 is 0. The number of Topliss-reactive ketones (excluding diaryl/α,β-unsaturated/α-hetero) is 1. The highest BCUT2D eigenvalue weighted by molar-refractivity contribution is 6.03. The van der Waals surface area contributed by atoms with Crippen LogP contribution in [0.4, 0.5) is 5.69 Å². The van der Waals surface area contributed by atoms with Gasteiger partial charge in [0.25, 0.3) is 0 Å². The Labute approximate surface area is 111 Å². The fourth-order valence-corrected chi connectivity index (χ4v) is 2.40. The Kier molecular flexibility index (Phi) is 2.81. The van der Waals surface area contributed by atoms with Crippen LogP contribution in [0.1, 0.15) is 28.4 Å². The first kappa shape index (κ1) is 11.9. The average molecular weight is 256 g/mol. The van der Waals surface area contributed by atoms with Gasteiger partial charge in [0.15, 0.2) is 11.6 Å². The Morgan fingerprint density at radius 1 is 1.26 bits per heavy atom. The van der Waals surface area contributed by atoms with Gasteiger partial charge in [-0.3, -0.25) is 4.79 Å². The lowest BCUT2D eigenvalue weighted by atomic mass is 10.0. The zero-order valence-corrected chi connectivity index (χ0v) is 11.1. The van der Waals surface area contributed by atoms with E-state index in [1.165, 1.54) is 0 Å². The van der Waals surface area contributed by atoms with Crippen molar-refractivity contribution in [3.05, 3.63) is 41.5 Å². The van der Waals surface area contributed by atoms with Gasteiger partial charge in [0, 0.05) is 31.3 Å². The highest BCUT2D eigenvalue weighted by Gasteiger charge is 2.23. The van der Waals surface area contributed by atoms with Crippen molar-refractivity contribution >= 4 is 11.5 Å². The first-order valence-corrected chi connectivity index (χ1v) is 6.39. The topological polar surface area (TPSA) is 51.0 Å². The van der Waals surface area contributed by atoms with Crippen LogP contribution in [0.2, 0.25) is 0 Å². The average Bonchev–Trinajstić information content (AvgIpc) is 2.74. The summed E-state index contributed by atoms with van der Waals surface area (Å²) in [5.74, 6) is 2.04. The minimum atomic E-state index is 0.223. The van der Waals surface area contributed by atoms with Gasteiger partial charge in [-0.1, -0.05) is 12.1 Å². The van der Waals surface area contributed by atoms with Gasteiger partial charge in [-0.15, -0.1) is 10.2 Å². The summed E-state index contributed by atoms with van der Waals surface area (Å²) in [6.07, 6.45) is 0.563. The van der Waals surface area contributed by atoms with Crippen LogP contribution in [-0.2, 0) is 13.6 Å². The number of anilines is 1. The normalized spacial score (nSPS) is 14.6. The quantitative estimate of drug-likeness (QED) is 0.821. The summed E-state index contributed by atoms with van der Waals surface area (Å²) in [7, 11) is 1.96. The molecule has 0 spiro atoms. The minimum absolute atomic E-state index is 0.223. The van der Waals surface area contributed by atoms with Gasteiger partial charge >= 0.3 is 0 Å². The Bertz CT molecular complexity index is 632. The van der Waals surface area contributed by atoms with Crippen LogP contribution >= 0.6 is 0 Å². The first-order chi connectivity index (χ1) is 9.16. The molecule has 5 heteroatoms. The molecule has 3 rings (SSSR count). The molecular formula is C14H16N4O. The van der Waals surface area contributed by atoms with Gasteiger partial charge in [-0.2, -0.15) is 0 Å². The number of rotatable bonds is 2. The van der Waals surface area contributed by atoms with E-state index in [2.05, 4.69) is 15.1 Å². The van der Waals surface area contributed by atoms with Crippen LogP contribution in [0.3, 0.4) is 0 Å². The van der Waals surface area contributed by atoms with Gasteiger partial charge in [0.05, 0.1) is 6.54 Å². The molecule has 5 nitrogen and oxygen atoms in total. The van der Waals surface area contributed by atoms with E-state index < -0.39 is 0 Å². The molecule has 0 aliphatic carbocycles. The Morgan fingerprint density at radius 2 is 2.05 bits per heavy atom. The molecule has 1 aliphatic rings. The van der Waals surface area contributed by atoms with Crippen molar-refractivity contribution in [2.75, 3.05) is 11.4 Å². The maximum atomic E-state index is 11.9. The number of carbonyl (C=O) groups is 1. The van der Waals surface area contributed by atoms with Crippen molar-refractivity contribution in [1.82, 2.24) is 14.8 Å². The third-order valence-electron chi connectivity index (χ3n) is 3.67. The number of aryl methyl sites for hydroxylation is 1. The molecule has 0 amide bonds. The fraction of sp³-hybridized carbons (Fsp3) is 0.357. The Balaban J connectivity index is 1.93. The lowest BCUT2D eigenvalue weighted by molar-refractivity contribution is 0.0979. The van der Waals surface area contributed by atoms with Gasteiger partial charge in [0.2, 0.25) is 0 Å². The predicted molar refractivity (Wildman–Crippen MR) is 72.2 cm³/mol. The van der Waals surface area contributed by atoms with Crippen LogP contribution in [0.5, 0.6) is 0 Å². The van der Waals surface area contributed by atoms with E-state index in [0.29, 0.717) is 13.0 Å². The van der Waals surface area contributed by atoms with E-state index >= 15 is 0 Å². The highest BCUT2D eigenvalue weighted by Crippen LogP contribution is 2.27. The van der Waals surface area contributed by atoms with Crippen LogP contribution in [0.15, 0.2) is 24.3 Å². The number of carbonyl (C=O) groups excluding carboxylic acids is 1. The lowest BCUT2D eigenvalue weighted by Gasteiger charge is -2.29. The maximum Gasteiger partial charge on any atom is 0.166 e. The van der Waals surface area contributed by atoms with Gasteiger partial charge in [0.1, 0.15) is 5.82 Å². The number of nitrogens with zero attached hydrogens (tertiary/aromatic N) is 4. The van der Waals surface area contributed by atoms with E-state index in [9.17, 15) is 4.79 Å². The number of hydrogen-bond donors (Lipinski definition) is 0. The number of fused-ring (bicyclic) bond motifs is 1. The van der Waals surface area contributed by atoms with E-state index in [0.717, 1.165) is 29.4 Å². The van der Waals surface area contributed by atoms with Gasteiger partial charge < -0.3 is 9.47 Å². The summed E-state index contributed by atoms with van der Waals surface area (Å²) in [5.41, 5.74) is 1.81. The number of ketones is 1. The van der Waals surface area contributed by atoms with Crippen molar-refractivity contribution in [2.45, 2.75) is 19.9 Å². The Hall–Kier alpha value is -2.17. The zero-order chi connectivity index (χ0) is 13.4. The third kappa shape index (κ3) is 2.01. The standard InChI is InChI=1S/C14H16N4O/c1-10-15-16-14(17(10)2)9-18-8-7-13(19)11-5-3-4-6-12(11)18/h3-6H,7-9H2,1-2H3. The largest absolute Gasteiger partial charge is 0.363 e. The molecule has 0 saturated heterocycles. The summed E-state index contributed by atoms with van der Waals surface area (Å²) in [6, 6.07) is 7.76. The van der Waals surface area contributed by atoms with Crippen molar-refractivity contribution in [3.8, 4) is 0 Å². The molecule has 19 heavy (non-hydrogen) atoms. The van der Waals surface area contributed by atoms with E-state index in [1.807, 2.05) is 42.8 Å². The summed E-state index contributed by atoms with van der Waals surface area (Å²) < 4.78 is 1.99. The number of aromatic nitrogens is 3.